The highest BCUT2D eigenvalue weighted by molar-refractivity contribution is 5.82. The highest BCUT2D eigenvalue weighted by Crippen LogP contribution is 2.19. The molecule has 0 saturated carbocycles. The molecule has 23 heavy (non-hydrogen) atoms. The molecule has 4 heteroatoms. The van der Waals surface area contributed by atoms with Crippen molar-refractivity contribution in [2.24, 2.45) is 5.10 Å². The summed E-state index contributed by atoms with van der Waals surface area (Å²) in [6, 6.07) is 15.6. The quantitative estimate of drug-likeness (QED) is 0.654. The van der Waals surface area contributed by atoms with Crippen LogP contribution in [-0.4, -0.2) is 18.7 Å². The summed E-state index contributed by atoms with van der Waals surface area (Å²) in [7, 11) is 0. The zero-order chi connectivity index (χ0) is 16.7. The molecular formula is C19H22N2O2. The van der Waals surface area contributed by atoms with Crippen LogP contribution in [0.2, 0.25) is 0 Å². The SMILES string of the molecule is Cc1ccc(/C=N/NC(=O)COc2cccc(C(C)C)c2)cc1. The largest absolute Gasteiger partial charge is 0.484 e. The third kappa shape index (κ3) is 5.58. The minimum atomic E-state index is -0.289. The van der Waals surface area contributed by atoms with Crippen molar-refractivity contribution in [3.63, 3.8) is 0 Å². The molecule has 0 heterocycles. The second-order valence-electron chi connectivity index (χ2n) is 5.72. The van der Waals surface area contributed by atoms with Gasteiger partial charge in [0.05, 0.1) is 6.21 Å². The van der Waals surface area contributed by atoms with Crippen molar-refractivity contribution >= 4 is 12.1 Å². The number of benzene rings is 2. The Morgan fingerprint density at radius 1 is 1.22 bits per heavy atom. The monoisotopic (exact) mass is 310 g/mol. The lowest BCUT2D eigenvalue weighted by Crippen LogP contribution is -2.24. The lowest BCUT2D eigenvalue weighted by atomic mass is 10.0. The summed E-state index contributed by atoms with van der Waals surface area (Å²) in [6.07, 6.45) is 1.61. The van der Waals surface area contributed by atoms with Gasteiger partial charge in [0, 0.05) is 0 Å². The molecule has 0 aromatic heterocycles. The molecule has 0 fully saturated rings. The van der Waals surface area contributed by atoms with E-state index in [1.165, 1.54) is 11.1 Å². The molecule has 0 unspecified atom stereocenters. The molecule has 0 radical (unpaired) electrons. The fourth-order valence-corrected chi connectivity index (χ4v) is 1.98. The van der Waals surface area contributed by atoms with Crippen LogP contribution >= 0.6 is 0 Å². The lowest BCUT2D eigenvalue weighted by molar-refractivity contribution is -0.123. The van der Waals surface area contributed by atoms with Crippen molar-refractivity contribution in [3.8, 4) is 5.75 Å². The number of rotatable bonds is 6. The third-order valence-electron chi connectivity index (χ3n) is 3.37. The highest BCUT2D eigenvalue weighted by Gasteiger charge is 2.04. The molecule has 0 atom stereocenters. The van der Waals surface area contributed by atoms with Gasteiger partial charge >= 0.3 is 0 Å². The minimum Gasteiger partial charge on any atom is -0.484 e. The molecule has 2 rings (SSSR count). The van der Waals surface area contributed by atoms with Gasteiger partial charge < -0.3 is 4.74 Å². The third-order valence-corrected chi connectivity index (χ3v) is 3.37. The number of hydrogen-bond acceptors (Lipinski definition) is 3. The predicted molar refractivity (Wildman–Crippen MR) is 92.9 cm³/mol. The van der Waals surface area contributed by atoms with Crippen molar-refractivity contribution in [3.05, 3.63) is 65.2 Å². The molecule has 0 bridgehead atoms. The maximum absolute atomic E-state index is 11.7. The summed E-state index contributed by atoms with van der Waals surface area (Å²) in [5.74, 6) is 0.823. The average Bonchev–Trinajstić information content (AvgIpc) is 2.55. The van der Waals surface area contributed by atoms with Crippen LogP contribution in [0.15, 0.2) is 53.6 Å². The molecule has 0 aliphatic heterocycles. The summed E-state index contributed by atoms with van der Waals surface area (Å²) in [5, 5.41) is 3.92. The van der Waals surface area contributed by atoms with Crippen LogP contribution in [-0.2, 0) is 4.79 Å². The second-order valence-corrected chi connectivity index (χ2v) is 5.72. The summed E-state index contributed by atoms with van der Waals surface area (Å²) in [5.41, 5.74) is 5.76. The molecule has 4 nitrogen and oxygen atoms in total. The normalized spacial score (nSPS) is 11.0. The van der Waals surface area contributed by atoms with Crippen LogP contribution in [0.4, 0.5) is 0 Å². The molecule has 0 spiro atoms. The summed E-state index contributed by atoms with van der Waals surface area (Å²) >= 11 is 0. The Labute approximate surface area is 137 Å². The van der Waals surface area contributed by atoms with Crippen LogP contribution in [0.25, 0.3) is 0 Å². The maximum atomic E-state index is 11.7. The van der Waals surface area contributed by atoms with Gasteiger partial charge in [-0.15, -0.1) is 0 Å². The standard InChI is InChI=1S/C19H22N2O2/c1-14(2)17-5-4-6-18(11-17)23-13-19(22)21-20-12-16-9-7-15(3)8-10-16/h4-12,14H,13H2,1-3H3,(H,21,22)/b20-12+. The van der Waals surface area contributed by atoms with Gasteiger partial charge in [0.2, 0.25) is 0 Å². The van der Waals surface area contributed by atoms with Gasteiger partial charge in [-0.3, -0.25) is 4.79 Å². The van der Waals surface area contributed by atoms with E-state index in [0.717, 1.165) is 5.56 Å². The molecule has 0 aliphatic rings. The van der Waals surface area contributed by atoms with E-state index in [1.807, 2.05) is 55.5 Å². The molecule has 2 aromatic rings. The number of nitrogens with one attached hydrogen (secondary N) is 1. The fourth-order valence-electron chi connectivity index (χ4n) is 1.98. The van der Waals surface area contributed by atoms with Crippen molar-refractivity contribution in [2.45, 2.75) is 26.7 Å². The smallest absolute Gasteiger partial charge is 0.277 e. The van der Waals surface area contributed by atoms with Gasteiger partial charge in [-0.05, 0) is 36.1 Å². The minimum absolute atomic E-state index is 0.0627. The van der Waals surface area contributed by atoms with E-state index in [-0.39, 0.29) is 12.5 Å². The Balaban J connectivity index is 1.81. The van der Waals surface area contributed by atoms with Gasteiger partial charge in [-0.1, -0.05) is 55.8 Å². The summed E-state index contributed by atoms with van der Waals surface area (Å²) in [4.78, 5) is 11.7. The zero-order valence-corrected chi connectivity index (χ0v) is 13.7. The number of aryl methyl sites for hydroxylation is 1. The Bertz CT molecular complexity index is 676. The van der Waals surface area contributed by atoms with E-state index in [1.54, 1.807) is 6.21 Å². The van der Waals surface area contributed by atoms with Crippen LogP contribution in [0.5, 0.6) is 5.75 Å². The number of carbonyl (C=O) groups is 1. The number of carbonyl (C=O) groups excluding carboxylic acids is 1. The zero-order valence-electron chi connectivity index (χ0n) is 13.7. The van der Waals surface area contributed by atoms with E-state index in [2.05, 4.69) is 24.4 Å². The van der Waals surface area contributed by atoms with Crippen molar-refractivity contribution in [1.82, 2.24) is 5.43 Å². The maximum Gasteiger partial charge on any atom is 0.277 e. The Hall–Kier alpha value is -2.62. The summed E-state index contributed by atoms with van der Waals surface area (Å²) < 4.78 is 5.49. The molecular weight excluding hydrogens is 288 g/mol. The van der Waals surface area contributed by atoms with Gasteiger partial charge in [0.15, 0.2) is 6.61 Å². The first-order valence-electron chi connectivity index (χ1n) is 7.66. The lowest BCUT2D eigenvalue weighted by Gasteiger charge is -2.09. The number of hydrogen-bond donors (Lipinski definition) is 1. The fraction of sp³-hybridized carbons (Fsp3) is 0.263. The van der Waals surface area contributed by atoms with E-state index < -0.39 is 0 Å². The van der Waals surface area contributed by atoms with Crippen LogP contribution in [0.3, 0.4) is 0 Å². The van der Waals surface area contributed by atoms with Gasteiger partial charge in [0.1, 0.15) is 5.75 Å². The van der Waals surface area contributed by atoms with Gasteiger partial charge in [-0.2, -0.15) is 5.10 Å². The number of ether oxygens (including phenoxy) is 1. The average molecular weight is 310 g/mol. The van der Waals surface area contributed by atoms with Gasteiger partial charge in [0.25, 0.3) is 5.91 Å². The first-order chi connectivity index (χ1) is 11.0. The molecule has 2 aromatic carbocycles. The Morgan fingerprint density at radius 2 is 1.96 bits per heavy atom. The molecule has 120 valence electrons. The van der Waals surface area contributed by atoms with Crippen LogP contribution < -0.4 is 10.2 Å². The Morgan fingerprint density at radius 3 is 2.65 bits per heavy atom. The van der Waals surface area contributed by atoms with E-state index in [9.17, 15) is 4.79 Å². The Kier molecular flexibility index (Phi) is 5.92. The van der Waals surface area contributed by atoms with E-state index in [4.69, 9.17) is 4.74 Å². The predicted octanol–water partition coefficient (Wildman–Crippen LogP) is 3.65. The van der Waals surface area contributed by atoms with Crippen molar-refractivity contribution in [2.75, 3.05) is 6.61 Å². The van der Waals surface area contributed by atoms with E-state index >= 15 is 0 Å². The number of nitrogens with zero attached hydrogens (tertiary/aromatic N) is 1. The van der Waals surface area contributed by atoms with Crippen molar-refractivity contribution < 1.29 is 9.53 Å². The van der Waals surface area contributed by atoms with Crippen molar-refractivity contribution in [1.29, 1.82) is 0 Å². The first-order valence-corrected chi connectivity index (χ1v) is 7.66. The number of hydrazone groups is 1. The molecule has 0 aliphatic carbocycles. The van der Waals surface area contributed by atoms with E-state index in [0.29, 0.717) is 11.7 Å². The summed E-state index contributed by atoms with van der Waals surface area (Å²) in [6.45, 7) is 6.19. The van der Waals surface area contributed by atoms with Crippen LogP contribution in [0.1, 0.15) is 36.5 Å². The molecule has 1 amide bonds. The van der Waals surface area contributed by atoms with Gasteiger partial charge in [-0.25, -0.2) is 5.43 Å². The molecule has 1 N–H and O–H groups in total. The van der Waals surface area contributed by atoms with Crippen LogP contribution in [0, 0.1) is 6.92 Å². The first kappa shape index (κ1) is 16.7. The topological polar surface area (TPSA) is 50.7 Å². The number of amides is 1. The molecule has 0 saturated heterocycles. The highest BCUT2D eigenvalue weighted by atomic mass is 16.5. The second kappa shape index (κ2) is 8.13.